The van der Waals surface area contributed by atoms with Gasteiger partial charge in [0.25, 0.3) is 11.6 Å². The smallest absolute Gasteiger partial charge is 0.286 e. The number of nitro benzene ring substituents is 1. The lowest BCUT2D eigenvalue weighted by Crippen LogP contribution is -2.47. The van der Waals surface area contributed by atoms with E-state index in [0.717, 1.165) is 39.1 Å². The second kappa shape index (κ2) is 12.8. The second-order valence-corrected chi connectivity index (χ2v) is 7.89. The molecule has 0 aliphatic carbocycles. The van der Waals surface area contributed by atoms with Crippen LogP contribution in [0.3, 0.4) is 0 Å². The largest absolute Gasteiger partial charge is 0.493 e. The van der Waals surface area contributed by atoms with Gasteiger partial charge >= 0.3 is 0 Å². The molecule has 0 unspecified atom stereocenters. The number of hydrogen-bond acceptors (Lipinski definition) is 8. The van der Waals surface area contributed by atoms with Crippen LogP contribution in [0.5, 0.6) is 11.5 Å². The minimum atomic E-state index is -0.593. The van der Waals surface area contributed by atoms with Crippen LogP contribution in [0.15, 0.2) is 42.5 Å². The summed E-state index contributed by atoms with van der Waals surface area (Å²) in [4.78, 5) is 28.4. The highest BCUT2D eigenvalue weighted by molar-refractivity contribution is 5.99. The molecule has 0 atom stereocenters. The number of nitro groups is 1. The lowest BCUT2D eigenvalue weighted by atomic mass is 10.1. The first-order chi connectivity index (χ1) is 16.5. The second-order valence-electron chi connectivity index (χ2n) is 7.89. The van der Waals surface area contributed by atoms with E-state index in [-0.39, 0.29) is 29.4 Å². The third-order valence-corrected chi connectivity index (χ3v) is 5.70. The van der Waals surface area contributed by atoms with Gasteiger partial charge in [-0.1, -0.05) is 18.2 Å². The van der Waals surface area contributed by atoms with E-state index < -0.39 is 10.8 Å². The van der Waals surface area contributed by atoms with Crippen LogP contribution in [0.25, 0.3) is 0 Å². The van der Waals surface area contributed by atoms with Crippen molar-refractivity contribution >= 4 is 17.3 Å². The number of anilines is 1. The molecule has 1 heterocycles. The average molecular weight is 473 g/mol. The maximum absolute atomic E-state index is 12.7. The van der Waals surface area contributed by atoms with Crippen LogP contribution in [0.4, 0.5) is 11.4 Å². The van der Waals surface area contributed by atoms with Crippen molar-refractivity contribution in [2.24, 2.45) is 0 Å². The molecule has 0 radical (unpaired) electrons. The number of methoxy groups -OCH3 is 2. The van der Waals surface area contributed by atoms with Crippen molar-refractivity contribution in [1.82, 2.24) is 10.2 Å². The molecule has 3 rings (SSSR count). The summed E-state index contributed by atoms with van der Waals surface area (Å²) in [7, 11) is 2.95. The van der Waals surface area contributed by atoms with Crippen LogP contribution < -0.4 is 19.7 Å². The van der Waals surface area contributed by atoms with E-state index >= 15 is 0 Å². The zero-order valence-electron chi connectivity index (χ0n) is 19.7. The molecular weight excluding hydrogens is 440 g/mol. The van der Waals surface area contributed by atoms with Gasteiger partial charge in [-0.05, 0) is 25.1 Å². The number of carbonyl (C=O) groups is 1. The highest BCUT2D eigenvalue weighted by Gasteiger charge is 2.25. The molecule has 2 aromatic carbocycles. The SMILES string of the molecule is COCCOc1cc([N+](=O)[O-])c(C(=O)NCCCN2CCN(c3ccccc3)CC2)cc1OC. The van der Waals surface area contributed by atoms with E-state index in [1.807, 2.05) is 18.2 Å². The number of nitrogens with zero attached hydrogens (tertiary/aromatic N) is 3. The molecule has 1 aliphatic rings. The molecular formula is C24H32N4O6. The van der Waals surface area contributed by atoms with Crippen molar-refractivity contribution < 1.29 is 23.9 Å². The summed E-state index contributed by atoms with van der Waals surface area (Å²) in [6.07, 6.45) is 0.750. The van der Waals surface area contributed by atoms with Crippen LogP contribution in [-0.4, -0.2) is 82.4 Å². The monoisotopic (exact) mass is 472 g/mol. The van der Waals surface area contributed by atoms with E-state index in [9.17, 15) is 14.9 Å². The third kappa shape index (κ3) is 6.82. The van der Waals surface area contributed by atoms with Crippen LogP contribution in [0, 0.1) is 10.1 Å². The Morgan fingerprint density at radius 3 is 2.44 bits per heavy atom. The highest BCUT2D eigenvalue weighted by atomic mass is 16.6. The number of benzene rings is 2. The zero-order chi connectivity index (χ0) is 24.3. The van der Waals surface area contributed by atoms with E-state index in [4.69, 9.17) is 14.2 Å². The van der Waals surface area contributed by atoms with Crippen molar-refractivity contribution in [3.8, 4) is 11.5 Å². The summed E-state index contributed by atoms with van der Waals surface area (Å²) in [6.45, 7) is 5.62. The van der Waals surface area contributed by atoms with Crippen molar-refractivity contribution in [2.75, 3.05) is 71.6 Å². The molecule has 1 amide bonds. The number of para-hydroxylation sites is 1. The van der Waals surface area contributed by atoms with Gasteiger partial charge in [0.2, 0.25) is 0 Å². The Balaban J connectivity index is 1.50. The number of nitrogens with one attached hydrogen (secondary N) is 1. The Labute approximate surface area is 199 Å². The summed E-state index contributed by atoms with van der Waals surface area (Å²) < 4.78 is 15.7. The van der Waals surface area contributed by atoms with Crippen LogP contribution in [0.2, 0.25) is 0 Å². The number of hydrogen-bond donors (Lipinski definition) is 1. The van der Waals surface area contributed by atoms with Gasteiger partial charge in [0.05, 0.1) is 24.7 Å². The Hall–Kier alpha value is -3.37. The van der Waals surface area contributed by atoms with Gasteiger partial charge in [0.15, 0.2) is 11.5 Å². The van der Waals surface area contributed by atoms with Crippen molar-refractivity contribution in [3.63, 3.8) is 0 Å². The number of amides is 1. The molecule has 10 heteroatoms. The minimum absolute atomic E-state index is 0.0579. The zero-order valence-corrected chi connectivity index (χ0v) is 19.7. The summed E-state index contributed by atoms with van der Waals surface area (Å²) in [6, 6.07) is 12.9. The molecule has 1 N–H and O–H groups in total. The van der Waals surface area contributed by atoms with Gasteiger partial charge in [-0.15, -0.1) is 0 Å². The van der Waals surface area contributed by atoms with E-state index in [2.05, 4.69) is 27.2 Å². The first kappa shape index (κ1) is 25.3. The first-order valence-corrected chi connectivity index (χ1v) is 11.3. The van der Waals surface area contributed by atoms with Crippen LogP contribution in [0.1, 0.15) is 16.8 Å². The quantitative estimate of drug-likeness (QED) is 0.285. The minimum Gasteiger partial charge on any atom is -0.493 e. The molecule has 2 aromatic rings. The summed E-state index contributed by atoms with van der Waals surface area (Å²) in [5.41, 5.74) is 0.849. The van der Waals surface area contributed by atoms with Gasteiger partial charge in [-0.2, -0.15) is 0 Å². The molecule has 184 valence electrons. The molecule has 34 heavy (non-hydrogen) atoms. The van der Waals surface area contributed by atoms with Crippen molar-refractivity contribution in [3.05, 3.63) is 58.1 Å². The molecule has 0 saturated carbocycles. The topological polar surface area (TPSA) is 106 Å². The van der Waals surface area contributed by atoms with Gasteiger partial charge in [-0.25, -0.2) is 0 Å². The molecule has 1 fully saturated rings. The standard InChI is InChI=1S/C24H32N4O6/c1-32-15-16-34-23-18-21(28(30)31)20(17-22(23)33-2)24(29)25-9-6-10-26-11-13-27(14-12-26)19-7-4-3-5-8-19/h3-5,7-8,17-18H,6,9-16H2,1-2H3,(H,25,29). The molecule has 1 saturated heterocycles. The van der Waals surface area contributed by atoms with E-state index in [0.29, 0.717) is 13.2 Å². The summed E-state index contributed by atoms with van der Waals surface area (Å²) >= 11 is 0. The predicted molar refractivity (Wildman–Crippen MR) is 129 cm³/mol. The summed E-state index contributed by atoms with van der Waals surface area (Å²) in [5, 5.41) is 14.4. The maximum Gasteiger partial charge on any atom is 0.286 e. The lowest BCUT2D eigenvalue weighted by Gasteiger charge is -2.36. The normalized spacial score (nSPS) is 14.0. The molecule has 0 spiro atoms. The lowest BCUT2D eigenvalue weighted by molar-refractivity contribution is -0.385. The Kier molecular flexibility index (Phi) is 9.48. The number of carbonyl (C=O) groups excluding carboxylic acids is 1. The third-order valence-electron chi connectivity index (χ3n) is 5.70. The van der Waals surface area contributed by atoms with Gasteiger partial charge in [0, 0.05) is 51.6 Å². The molecule has 0 bridgehead atoms. The van der Waals surface area contributed by atoms with E-state index in [1.54, 1.807) is 0 Å². The Morgan fingerprint density at radius 2 is 1.79 bits per heavy atom. The number of rotatable bonds is 12. The van der Waals surface area contributed by atoms with Gasteiger partial charge < -0.3 is 24.4 Å². The number of piperazine rings is 1. The van der Waals surface area contributed by atoms with E-state index in [1.165, 1.54) is 32.0 Å². The van der Waals surface area contributed by atoms with Crippen molar-refractivity contribution in [1.29, 1.82) is 0 Å². The molecule has 10 nitrogen and oxygen atoms in total. The van der Waals surface area contributed by atoms with Crippen LogP contribution >= 0.6 is 0 Å². The maximum atomic E-state index is 12.7. The first-order valence-electron chi connectivity index (χ1n) is 11.3. The molecule has 0 aromatic heterocycles. The van der Waals surface area contributed by atoms with Gasteiger partial charge in [-0.3, -0.25) is 19.8 Å². The fourth-order valence-corrected chi connectivity index (χ4v) is 3.86. The summed E-state index contributed by atoms with van der Waals surface area (Å²) in [5.74, 6) is -0.0667. The van der Waals surface area contributed by atoms with Crippen molar-refractivity contribution in [2.45, 2.75) is 6.42 Å². The molecule has 1 aliphatic heterocycles. The van der Waals surface area contributed by atoms with Crippen LogP contribution in [-0.2, 0) is 4.74 Å². The Bertz CT molecular complexity index is 948. The fraction of sp³-hybridized carbons (Fsp3) is 0.458. The number of ether oxygens (including phenoxy) is 3. The predicted octanol–water partition coefficient (Wildman–Crippen LogP) is 2.57. The average Bonchev–Trinajstić information content (AvgIpc) is 2.87. The van der Waals surface area contributed by atoms with Gasteiger partial charge in [0.1, 0.15) is 12.2 Å². The fourth-order valence-electron chi connectivity index (χ4n) is 3.86. The Morgan fingerprint density at radius 1 is 1.06 bits per heavy atom. The highest BCUT2D eigenvalue weighted by Crippen LogP contribution is 2.34.